The highest BCUT2D eigenvalue weighted by atomic mass is 32.1. The van der Waals surface area contributed by atoms with Crippen LogP contribution in [-0.2, 0) is 15.6 Å². The average molecular weight is 516 g/mol. The summed E-state index contributed by atoms with van der Waals surface area (Å²) in [6.45, 7) is 5.93. The third kappa shape index (κ3) is 4.61. The first-order valence-corrected chi connectivity index (χ1v) is 13.6. The van der Waals surface area contributed by atoms with Crippen LogP contribution in [0.1, 0.15) is 63.3 Å². The zero-order chi connectivity index (χ0) is 25.8. The Labute approximate surface area is 220 Å². The van der Waals surface area contributed by atoms with Gasteiger partial charge in [0.05, 0.1) is 5.69 Å². The van der Waals surface area contributed by atoms with Gasteiger partial charge in [0.1, 0.15) is 26.8 Å². The summed E-state index contributed by atoms with van der Waals surface area (Å²) in [5.41, 5.74) is 3.71. The molecule has 2 aliphatic rings. The SMILES string of the molecule is CC(C)(C)OC(=O)NCC1(c2ccc(-c3nc4ccc(C5(c6ccccc6)CC5)nc4s3)c(F)c2)CC1. The van der Waals surface area contributed by atoms with Crippen molar-refractivity contribution in [1.29, 1.82) is 0 Å². The molecule has 6 rings (SSSR count). The lowest BCUT2D eigenvalue weighted by Gasteiger charge is -2.22. The first kappa shape index (κ1) is 24.0. The fraction of sp³-hybridized carbons (Fsp3) is 0.367. The van der Waals surface area contributed by atoms with Crippen LogP contribution in [0.15, 0.2) is 60.7 Å². The summed E-state index contributed by atoms with van der Waals surface area (Å²) in [7, 11) is 0. The number of carbonyl (C=O) groups is 1. The molecule has 1 amide bonds. The first-order chi connectivity index (χ1) is 17.7. The average Bonchev–Trinajstić information content (AvgIpc) is 3.79. The van der Waals surface area contributed by atoms with Crippen molar-refractivity contribution in [3.05, 3.63) is 83.3 Å². The Balaban J connectivity index is 1.23. The van der Waals surface area contributed by atoms with E-state index in [2.05, 4.69) is 35.6 Å². The second-order valence-electron chi connectivity index (χ2n) is 11.3. The van der Waals surface area contributed by atoms with Crippen LogP contribution in [0.4, 0.5) is 9.18 Å². The van der Waals surface area contributed by atoms with Crippen molar-refractivity contribution in [2.75, 3.05) is 6.54 Å². The van der Waals surface area contributed by atoms with Crippen molar-refractivity contribution < 1.29 is 13.9 Å². The minimum atomic E-state index is -0.553. The lowest BCUT2D eigenvalue weighted by atomic mass is 9.92. The molecule has 190 valence electrons. The maximum Gasteiger partial charge on any atom is 0.407 e. The van der Waals surface area contributed by atoms with Gasteiger partial charge in [0.25, 0.3) is 0 Å². The van der Waals surface area contributed by atoms with E-state index in [-0.39, 0.29) is 16.6 Å². The summed E-state index contributed by atoms with van der Waals surface area (Å²) >= 11 is 1.43. The number of halogens is 1. The van der Waals surface area contributed by atoms with Crippen LogP contribution in [0.3, 0.4) is 0 Å². The normalized spacial score (nSPS) is 17.4. The van der Waals surface area contributed by atoms with E-state index in [1.807, 2.05) is 45.0 Å². The van der Waals surface area contributed by atoms with E-state index in [9.17, 15) is 4.79 Å². The number of benzene rings is 2. The maximum atomic E-state index is 15.4. The predicted octanol–water partition coefficient (Wildman–Crippen LogP) is 7.13. The van der Waals surface area contributed by atoms with E-state index in [4.69, 9.17) is 14.7 Å². The molecule has 2 saturated carbocycles. The van der Waals surface area contributed by atoms with E-state index in [1.165, 1.54) is 16.9 Å². The highest BCUT2D eigenvalue weighted by Crippen LogP contribution is 2.53. The Bertz CT molecular complexity index is 1480. The van der Waals surface area contributed by atoms with Crippen LogP contribution in [0.25, 0.3) is 20.9 Å². The highest BCUT2D eigenvalue weighted by Gasteiger charge is 2.47. The van der Waals surface area contributed by atoms with Crippen molar-refractivity contribution >= 4 is 27.8 Å². The van der Waals surface area contributed by atoms with Crippen LogP contribution in [0, 0.1) is 5.82 Å². The smallest absolute Gasteiger partial charge is 0.407 e. The van der Waals surface area contributed by atoms with Gasteiger partial charge in [0.15, 0.2) is 0 Å². The molecule has 37 heavy (non-hydrogen) atoms. The zero-order valence-corrected chi connectivity index (χ0v) is 22.1. The summed E-state index contributed by atoms with van der Waals surface area (Å²) in [5.74, 6) is -0.303. The number of hydrogen-bond acceptors (Lipinski definition) is 5. The van der Waals surface area contributed by atoms with E-state index in [0.717, 1.165) is 47.3 Å². The number of nitrogens with one attached hydrogen (secondary N) is 1. The van der Waals surface area contributed by atoms with Gasteiger partial charge in [0.2, 0.25) is 0 Å². The molecule has 0 unspecified atom stereocenters. The molecule has 4 aromatic rings. The van der Waals surface area contributed by atoms with Crippen molar-refractivity contribution in [3.8, 4) is 10.6 Å². The van der Waals surface area contributed by atoms with Gasteiger partial charge in [-0.05, 0) is 81.8 Å². The number of nitrogens with zero attached hydrogens (tertiary/aromatic N) is 2. The third-order valence-electron chi connectivity index (χ3n) is 7.46. The lowest BCUT2D eigenvalue weighted by Crippen LogP contribution is -2.37. The Morgan fingerprint density at radius 2 is 1.76 bits per heavy atom. The predicted molar refractivity (Wildman–Crippen MR) is 144 cm³/mol. The monoisotopic (exact) mass is 515 g/mol. The van der Waals surface area contributed by atoms with Crippen molar-refractivity contribution in [3.63, 3.8) is 0 Å². The standard InChI is InChI=1S/C30H30FN3O2S/c1-28(2,3)36-27(35)32-18-29(13-14-29)20-9-10-21(22(31)17-20)25-33-23-11-12-24(34-26(23)37-25)30(15-16-30)19-7-5-4-6-8-19/h4-12,17H,13-16,18H2,1-3H3,(H,32,35). The molecule has 1 N–H and O–H groups in total. The van der Waals surface area contributed by atoms with E-state index < -0.39 is 11.7 Å². The molecule has 2 aromatic heterocycles. The fourth-order valence-electron chi connectivity index (χ4n) is 5.07. The topological polar surface area (TPSA) is 64.1 Å². The number of hydrogen-bond donors (Lipinski definition) is 1. The van der Waals surface area contributed by atoms with Gasteiger partial charge >= 0.3 is 6.09 Å². The molecule has 0 aliphatic heterocycles. The number of pyridine rings is 1. The summed E-state index contributed by atoms with van der Waals surface area (Å²) in [6.07, 6.45) is 3.53. The number of aromatic nitrogens is 2. The minimum Gasteiger partial charge on any atom is -0.444 e. The molecular formula is C30H30FN3O2S. The van der Waals surface area contributed by atoms with Crippen LogP contribution < -0.4 is 5.32 Å². The Morgan fingerprint density at radius 3 is 2.41 bits per heavy atom. The van der Waals surface area contributed by atoms with Crippen LogP contribution in [0.5, 0.6) is 0 Å². The summed E-state index contributed by atoms with van der Waals surface area (Å²) < 4.78 is 20.7. The molecular weight excluding hydrogens is 485 g/mol. The highest BCUT2D eigenvalue weighted by molar-refractivity contribution is 7.21. The molecule has 2 fully saturated rings. The second-order valence-corrected chi connectivity index (χ2v) is 12.3. The third-order valence-corrected chi connectivity index (χ3v) is 8.46. The van der Waals surface area contributed by atoms with Gasteiger partial charge in [-0.25, -0.2) is 19.2 Å². The molecule has 5 nitrogen and oxygen atoms in total. The van der Waals surface area contributed by atoms with Crippen molar-refractivity contribution in [2.24, 2.45) is 0 Å². The summed E-state index contributed by atoms with van der Waals surface area (Å²) in [5, 5.41) is 3.49. The number of alkyl carbamates (subject to hydrolysis) is 1. The van der Waals surface area contributed by atoms with E-state index in [0.29, 0.717) is 17.1 Å². The zero-order valence-electron chi connectivity index (χ0n) is 21.3. The number of fused-ring (bicyclic) bond motifs is 1. The van der Waals surface area contributed by atoms with Gasteiger partial charge in [0, 0.05) is 22.9 Å². The fourth-order valence-corrected chi connectivity index (χ4v) is 6.03. The Hall–Kier alpha value is -3.32. The van der Waals surface area contributed by atoms with Crippen LogP contribution in [0.2, 0.25) is 0 Å². The van der Waals surface area contributed by atoms with Gasteiger partial charge in [-0.1, -0.05) is 47.7 Å². The summed E-state index contributed by atoms with van der Waals surface area (Å²) in [4.78, 5) is 22.6. The molecule has 0 spiro atoms. The second kappa shape index (κ2) is 8.62. The Morgan fingerprint density at radius 1 is 1.00 bits per heavy atom. The van der Waals surface area contributed by atoms with E-state index >= 15 is 4.39 Å². The molecule has 0 bridgehead atoms. The van der Waals surface area contributed by atoms with Gasteiger partial charge < -0.3 is 10.1 Å². The summed E-state index contributed by atoms with van der Waals surface area (Å²) in [6, 6.07) is 20.0. The minimum absolute atomic E-state index is 0.0155. The van der Waals surface area contributed by atoms with Crippen molar-refractivity contribution in [1.82, 2.24) is 15.3 Å². The van der Waals surface area contributed by atoms with Gasteiger partial charge in [-0.15, -0.1) is 0 Å². The molecule has 2 heterocycles. The molecule has 2 aliphatic carbocycles. The maximum absolute atomic E-state index is 15.4. The number of ether oxygens (including phenoxy) is 1. The molecule has 0 saturated heterocycles. The molecule has 2 aromatic carbocycles. The number of thiazole rings is 1. The largest absolute Gasteiger partial charge is 0.444 e. The van der Waals surface area contributed by atoms with Crippen molar-refractivity contribution in [2.45, 2.75) is 62.9 Å². The van der Waals surface area contributed by atoms with Gasteiger partial charge in [-0.2, -0.15) is 0 Å². The number of carbonyl (C=O) groups excluding carboxylic acids is 1. The number of rotatable bonds is 6. The Kier molecular flexibility index (Phi) is 5.60. The van der Waals surface area contributed by atoms with Crippen LogP contribution >= 0.6 is 11.3 Å². The molecule has 7 heteroatoms. The van der Waals surface area contributed by atoms with Gasteiger partial charge in [-0.3, -0.25) is 0 Å². The van der Waals surface area contributed by atoms with E-state index in [1.54, 1.807) is 6.07 Å². The van der Waals surface area contributed by atoms with Crippen LogP contribution in [-0.4, -0.2) is 28.2 Å². The first-order valence-electron chi connectivity index (χ1n) is 12.8. The lowest BCUT2D eigenvalue weighted by molar-refractivity contribution is 0.0522. The molecule has 0 atom stereocenters. The number of amides is 1. The molecule has 0 radical (unpaired) electrons. The quantitative estimate of drug-likeness (QED) is 0.297.